The highest BCUT2D eigenvalue weighted by Gasteiger charge is 2.35. The average Bonchev–Trinajstić information content (AvgIpc) is 3.13. The summed E-state index contributed by atoms with van der Waals surface area (Å²) in [4.78, 5) is 38.3. The Morgan fingerprint density at radius 3 is 2.61 bits per heavy atom. The molecule has 196 valence electrons. The maximum absolute atomic E-state index is 13.8. The Bertz CT molecular complexity index is 1470. The molecular weight excluding hydrogens is 604 g/mol. The largest absolute Gasteiger partial charge is 0.493 e. The molecule has 2 N–H and O–H groups in total. The molecule has 4 amide bonds. The third-order valence-corrected chi connectivity index (χ3v) is 6.67. The molecule has 3 aromatic rings. The van der Waals surface area contributed by atoms with Crippen molar-refractivity contribution in [1.29, 1.82) is 0 Å². The fourth-order valence-electron chi connectivity index (χ4n) is 3.49. The van der Waals surface area contributed by atoms with Gasteiger partial charge >= 0.3 is 6.03 Å². The Hall–Kier alpha value is -3.60. The number of anilines is 1. The third kappa shape index (κ3) is 6.27. The molecule has 8 nitrogen and oxygen atoms in total. The van der Waals surface area contributed by atoms with Crippen molar-refractivity contribution in [2.45, 2.75) is 6.61 Å². The van der Waals surface area contributed by atoms with Crippen LogP contribution in [0, 0.1) is 5.82 Å². The van der Waals surface area contributed by atoms with Crippen molar-refractivity contribution in [3.63, 3.8) is 0 Å². The van der Waals surface area contributed by atoms with Crippen LogP contribution in [-0.4, -0.2) is 36.4 Å². The fourth-order valence-corrected chi connectivity index (χ4v) is 4.39. The number of ether oxygens (including phenoxy) is 2. The molecule has 0 saturated carbocycles. The summed E-state index contributed by atoms with van der Waals surface area (Å²) in [6, 6.07) is 13.1. The molecule has 1 heterocycles. The maximum Gasteiger partial charge on any atom is 0.329 e. The van der Waals surface area contributed by atoms with Gasteiger partial charge in [0.2, 0.25) is 5.91 Å². The van der Waals surface area contributed by atoms with Crippen LogP contribution in [0.2, 0.25) is 10.0 Å². The second-order valence-corrected chi connectivity index (χ2v) is 9.65. The minimum absolute atomic E-state index is 0.0574. The van der Waals surface area contributed by atoms with Crippen LogP contribution in [0.1, 0.15) is 11.1 Å². The monoisotopic (exact) mass is 621 g/mol. The lowest BCUT2D eigenvalue weighted by Gasteiger charge is -2.14. The number of urea groups is 1. The van der Waals surface area contributed by atoms with Gasteiger partial charge in [0, 0.05) is 20.1 Å². The van der Waals surface area contributed by atoms with Gasteiger partial charge in [0.15, 0.2) is 11.5 Å². The number of imide groups is 1. The first kappa shape index (κ1) is 27.4. The number of rotatable bonds is 8. The Labute approximate surface area is 235 Å². The van der Waals surface area contributed by atoms with Crippen molar-refractivity contribution in [2.75, 3.05) is 19.0 Å². The molecule has 0 radical (unpaired) electrons. The molecule has 38 heavy (non-hydrogen) atoms. The minimum atomic E-state index is -0.784. The Balaban J connectivity index is 1.48. The molecule has 1 aliphatic rings. The van der Waals surface area contributed by atoms with E-state index in [1.165, 1.54) is 31.4 Å². The van der Waals surface area contributed by atoms with Crippen molar-refractivity contribution in [1.82, 2.24) is 10.2 Å². The molecule has 1 fully saturated rings. The zero-order valence-electron chi connectivity index (χ0n) is 19.7. The van der Waals surface area contributed by atoms with Crippen molar-refractivity contribution >= 4 is 68.7 Å². The van der Waals surface area contributed by atoms with Gasteiger partial charge in [-0.15, -0.1) is 0 Å². The van der Waals surface area contributed by atoms with Crippen LogP contribution in [0.4, 0.5) is 14.9 Å². The molecule has 0 atom stereocenters. The van der Waals surface area contributed by atoms with Gasteiger partial charge in [0.05, 0.1) is 12.8 Å². The van der Waals surface area contributed by atoms with Gasteiger partial charge in [-0.2, -0.15) is 0 Å². The number of carbonyl (C=O) groups excluding carboxylic acids is 3. The second-order valence-electron chi connectivity index (χ2n) is 7.96. The van der Waals surface area contributed by atoms with Crippen molar-refractivity contribution in [2.24, 2.45) is 0 Å². The SMILES string of the molecule is COc1cc(/C=C2/NC(=O)N(CC(=O)Nc3ccccc3F)C2=O)c(Br)cc1OCc1ccc(Cl)cc1Cl. The molecule has 3 aromatic carbocycles. The van der Waals surface area contributed by atoms with Gasteiger partial charge < -0.3 is 20.1 Å². The van der Waals surface area contributed by atoms with E-state index in [-0.39, 0.29) is 18.0 Å². The number of nitrogens with one attached hydrogen (secondary N) is 2. The molecule has 0 aromatic heterocycles. The zero-order chi connectivity index (χ0) is 27.4. The van der Waals surface area contributed by atoms with Gasteiger partial charge in [0.25, 0.3) is 5.91 Å². The highest BCUT2D eigenvalue weighted by atomic mass is 79.9. The fraction of sp³-hybridized carbons (Fsp3) is 0.115. The van der Waals surface area contributed by atoms with Crippen LogP contribution < -0.4 is 20.1 Å². The summed E-state index contributed by atoms with van der Waals surface area (Å²) in [5.41, 5.74) is 1.11. The number of carbonyl (C=O) groups is 3. The van der Waals surface area contributed by atoms with Crippen LogP contribution in [-0.2, 0) is 16.2 Å². The summed E-state index contributed by atoms with van der Waals surface area (Å²) in [5.74, 6) is -1.32. The van der Waals surface area contributed by atoms with E-state index < -0.39 is 30.2 Å². The highest BCUT2D eigenvalue weighted by Crippen LogP contribution is 2.36. The summed E-state index contributed by atoms with van der Waals surface area (Å²) in [6.07, 6.45) is 1.43. The molecule has 4 rings (SSSR count). The Kier molecular flexibility index (Phi) is 8.55. The lowest BCUT2D eigenvalue weighted by molar-refractivity contribution is -0.127. The molecule has 12 heteroatoms. The van der Waals surface area contributed by atoms with E-state index in [1.807, 2.05) is 0 Å². The van der Waals surface area contributed by atoms with E-state index in [0.29, 0.717) is 31.6 Å². The molecule has 1 aliphatic heterocycles. The normalized spacial score (nSPS) is 14.0. The molecule has 1 saturated heterocycles. The second kappa shape index (κ2) is 11.8. The number of hydrogen-bond acceptors (Lipinski definition) is 5. The van der Waals surface area contributed by atoms with Gasteiger partial charge in [0.1, 0.15) is 24.7 Å². The zero-order valence-corrected chi connectivity index (χ0v) is 22.8. The van der Waals surface area contributed by atoms with Gasteiger partial charge in [-0.1, -0.05) is 57.3 Å². The summed E-state index contributed by atoms with van der Waals surface area (Å²) < 4.78 is 25.7. The number of methoxy groups -OCH3 is 1. The first-order chi connectivity index (χ1) is 18.2. The molecule has 0 aliphatic carbocycles. The Morgan fingerprint density at radius 1 is 1.13 bits per heavy atom. The lowest BCUT2D eigenvalue weighted by atomic mass is 10.1. The summed E-state index contributed by atoms with van der Waals surface area (Å²) in [7, 11) is 1.46. The first-order valence-electron chi connectivity index (χ1n) is 11.0. The topological polar surface area (TPSA) is 97.0 Å². The van der Waals surface area contributed by atoms with E-state index in [2.05, 4.69) is 26.6 Å². The summed E-state index contributed by atoms with van der Waals surface area (Å²) in [6.45, 7) is -0.446. The summed E-state index contributed by atoms with van der Waals surface area (Å²) in [5, 5.41) is 5.76. The molecule has 0 unspecified atom stereocenters. The van der Waals surface area contributed by atoms with Crippen LogP contribution in [0.3, 0.4) is 0 Å². The first-order valence-corrected chi connectivity index (χ1v) is 12.5. The third-order valence-electron chi connectivity index (χ3n) is 5.39. The van der Waals surface area contributed by atoms with E-state index >= 15 is 0 Å². The number of hydrogen-bond donors (Lipinski definition) is 2. The van der Waals surface area contributed by atoms with Gasteiger partial charge in [-0.05, 0) is 48.0 Å². The van der Waals surface area contributed by atoms with Gasteiger partial charge in [-0.3, -0.25) is 9.59 Å². The number of para-hydroxylation sites is 1. The van der Waals surface area contributed by atoms with Crippen molar-refractivity contribution < 1.29 is 28.2 Å². The lowest BCUT2D eigenvalue weighted by Crippen LogP contribution is -2.38. The van der Waals surface area contributed by atoms with Crippen LogP contribution in [0.15, 0.2) is 64.8 Å². The molecule has 0 spiro atoms. The smallest absolute Gasteiger partial charge is 0.329 e. The van der Waals surface area contributed by atoms with Gasteiger partial charge in [-0.25, -0.2) is 14.1 Å². The van der Waals surface area contributed by atoms with Crippen molar-refractivity contribution in [3.8, 4) is 11.5 Å². The average molecular weight is 623 g/mol. The van der Waals surface area contributed by atoms with E-state index in [0.717, 1.165) is 10.5 Å². The molecular formula is C26H19BrCl2FN3O5. The van der Waals surface area contributed by atoms with E-state index in [1.54, 1.807) is 36.4 Å². The van der Waals surface area contributed by atoms with Crippen LogP contribution in [0.25, 0.3) is 6.08 Å². The number of nitrogens with zero attached hydrogens (tertiary/aromatic N) is 1. The van der Waals surface area contributed by atoms with E-state index in [9.17, 15) is 18.8 Å². The maximum atomic E-state index is 13.8. The van der Waals surface area contributed by atoms with Crippen molar-refractivity contribution in [3.05, 3.63) is 91.8 Å². The quantitative estimate of drug-likeness (QED) is 0.237. The predicted octanol–water partition coefficient (Wildman–Crippen LogP) is 6.01. The molecule has 0 bridgehead atoms. The highest BCUT2D eigenvalue weighted by molar-refractivity contribution is 9.10. The summed E-state index contributed by atoms with van der Waals surface area (Å²) >= 11 is 15.6. The standard InChI is InChI=1S/C26H19BrCl2FN3O5/c1-37-22-9-15(17(27)11-23(22)38-13-14-6-7-16(28)10-18(14)29)8-21-25(35)33(26(36)32-21)12-24(34)31-20-5-3-2-4-19(20)30/h2-11H,12-13H2,1H3,(H,31,34)(H,32,36)/b21-8+. The van der Waals surface area contributed by atoms with E-state index in [4.69, 9.17) is 32.7 Å². The minimum Gasteiger partial charge on any atom is -0.493 e. The number of benzene rings is 3. The number of amides is 4. The Morgan fingerprint density at radius 2 is 1.89 bits per heavy atom. The predicted molar refractivity (Wildman–Crippen MR) is 145 cm³/mol. The van der Waals surface area contributed by atoms with Crippen LogP contribution in [0.5, 0.6) is 11.5 Å². The van der Waals surface area contributed by atoms with Crippen LogP contribution >= 0.6 is 39.1 Å². The number of halogens is 4.